The lowest BCUT2D eigenvalue weighted by atomic mass is 10.4. The number of aliphatic imine (C=N–C) groups is 1. The van der Waals surface area contributed by atoms with Crippen LogP contribution in [0.25, 0.3) is 0 Å². The number of hydrogen-bond donors (Lipinski definition) is 2. The molecule has 0 aromatic heterocycles. The summed E-state index contributed by atoms with van der Waals surface area (Å²) < 4.78 is 9.91. The molecule has 0 heterocycles. The molecule has 0 bridgehead atoms. The number of nitrogens with one attached hydrogen (secondary N) is 1. The standard InChI is InChI=1S/C11H23N3O3.HI/c1-8(2)17-10(15)5-6-13-11(12)14-9(3)7-16-4;/h8-9H,5-7H2,1-4H3,(H3,12,13,14);1H. The van der Waals surface area contributed by atoms with Crippen LogP contribution in [-0.4, -0.2) is 44.3 Å². The average molecular weight is 373 g/mol. The summed E-state index contributed by atoms with van der Waals surface area (Å²) in [6, 6.07) is 0.0892. The van der Waals surface area contributed by atoms with Crippen LogP contribution in [0.1, 0.15) is 27.2 Å². The Balaban J connectivity index is 0. The average Bonchev–Trinajstić information content (AvgIpc) is 2.16. The number of nitrogens with zero attached hydrogens (tertiary/aromatic N) is 1. The smallest absolute Gasteiger partial charge is 0.307 e. The predicted molar refractivity (Wildman–Crippen MR) is 82.2 cm³/mol. The van der Waals surface area contributed by atoms with Gasteiger partial charge in [-0.3, -0.25) is 9.79 Å². The Bertz CT molecular complexity index is 260. The van der Waals surface area contributed by atoms with Gasteiger partial charge in [0.1, 0.15) is 0 Å². The minimum Gasteiger partial charge on any atom is -0.463 e. The number of halogens is 1. The van der Waals surface area contributed by atoms with Gasteiger partial charge in [0.05, 0.1) is 25.7 Å². The summed E-state index contributed by atoms with van der Waals surface area (Å²) >= 11 is 0. The van der Waals surface area contributed by atoms with Crippen LogP contribution in [0.15, 0.2) is 4.99 Å². The van der Waals surface area contributed by atoms with E-state index in [9.17, 15) is 4.79 Å². The van der Waals surface area contributed by atoms with Crippen molar-refractivity contribution < 1.29 is 14.3 Å². The fraction of sp³-hybridized carbons (Fsp3) is 0.818. The summed E-state index contributed by atoms with van der Waals surface area (Å²) in [6.45, 7) is 6.42. The number of rotatable bonds is 7. The van der Waals surface area contributed by atoms with E-state index in [-0.39, 0.29) is 48.5 Å². The van der Waals surface area contributed by atoms with Crippen molar-refractivity contribution in [1.82, 2.24) is 5.32 Å². The van der Waals surface area contributed by atoms with Gasteiger partial charge in [0, 0.05) is 13.2 Å². The van der Waals surface area contributed by atoms with E-state index in [1.807, 2.05) is 20.8 Å². The molecule has 0 aliphatic heterocycles. The Morgan fingerprint density at radius 2 is 2.00 bits per heavy atom. The van der Waals surface area contributed by atoms with Gasteiger partial charge in [-0.2, -0.15) is 0 Å². The van der Waals surface area contributed by atoms with Crippen molar-refractivity contribution in [3.8, 4) is 0 Å². The monoisotopic (exact) mass is 373 g/mol. The van der Waals surface area contributed by atoms with Gasteiger partial charge in [-0.25, -0.2) is 0 Å². The van der Waals surface area contributed by atoms with Crippen LogP contribution in [0.4, 0.5) is 0 Å². The Morgan fingerprint density at radius 3 is 2.50 bits per heavy atom. The van der Waals surface area contributed by atoms with E-state index in [0.29, 0.717) is 19.1 Å². The van der Waals surface area contributed by atoms with E-state index in [2.05, 4.69) is 10.3 Å². The van der Waals surface area contributed by atoms with Gasteiger partial charge in [0.15, 0.2) is 5.96 Å². The second-order valence-corrected chi connectivity index (χ2v) is 4.06. The largest absolute Gasteiger partial charge is 0.463 e. The second kappa shape index (κ2) is 11.5. The molecule has 0 radical (unpaired) electrons. The van der Waals surface area contributed by atoms with Crippen LogP contribution in [0, 0.1) is 0 Å². The van der Waals surface area contributed by atoms with Gasteiger partial charge >= 0.3 is 5.97 Å². The number of nitrogens with two attached hydrogens (primary N) is 1. The molecule has 108 valence electrons. The molecule has 0 saturated heterocycles. The highest BCUT2D eigenvalue weighted by atomic mass is 127. The molecule has 0 rings (SSSR count). The number of ether oxygens (including phenoxy) is 2. The summed E-state index contributed by atoms with van der Waals surface area (Å²) in [7, 11) is 1.62. The lowest BCUT2D eigenvalue weighted by molar-refractivity contribution is -0.147. The van der Waals surface area contributed by atoms with E-state index in [4.69, 9.17) is 15.2 Å². The third-order valence-corrected chi connectivity index (χ3v) is 1.78. The molecule has 6 nitrogen and oxygen atoms in total. The van der Waals surface area contributed by atoms with Crippen LogP contribution >= 0.6 is 24.0 Å². The molecular formula is C11H24IN3O3. The van der Waals surface area contributed by atoms with Crippen molar-refractivity contribution in [3.05, 3.63) is 0 Å². The minimum absolute atomic E-state index is 0. The Kier molecular flexibility index (Phi) is 12.6. The first-order chi connectivity index (χ1) is 7.95. The fourth-order valence-corrected chi connectivity index (χ4v) is 1.18. The number of carbonyl (C=O) groups is 1. The molecule has 7 heteroatoms. The summed E-state index contributed by atoms with van der Waals surface area (Å²) in [5.41, 5.74) is 5.62. The van der Waals surface area contributed by atoms with Crippen LogP contribution in [0.3, 0.4) is 0 Å². The Hall–Kier alpha value is -0.570. The SMILES string of the molecule is COCC(C)NC(N)=NCCC(=O)OC(C)C.I. The van der Waals surface area contributed by atoms with E-state index in [0.717, 1.165) is 0 Å². The lowest BCUT2D eigenvalue weighted by Gasteiger charge is -2.13. The second-order valence-electron chi connectivity index (χ2n) is 4.06. The highest BCUT2D eigenvalue weighted by molar-refractivity contribution is 14.0. The van der Waals surface area contributed by atoms with Crippen LogP contribution in [0.2, 0.25) is 0 Å². The van der Waals surface area contributed by atoms with Crippen LogP contribution < -0.4 is 11.1 Å². The van der Waals surface area contributed by atoms with E-state index >= 15 is 0 Å². The normalized spacial score (nSPS) is 12.8. The molecule has 0 amide bonds. The Morgan fingerprint density at radius 1 is 1.39 bits per heavy atom. The van der Waals surface area contributed by atoms with Crippen molar-refractivity contribution in [2.45, 2.75) is 39.3 Å². The molecule has 0 aromatic carbocycles. The quantitative estimate of drug-likeness (QED) is 0.300. The number of methoxy groups -OCH3 is 1. The third kappa shape index (κ3) is 11.9. The number of esters is 1. The van der Waals surface area contributed by atoms with Gasteiger partial charge in [0.25, 0.3) is 0 Å². The highest BCUT2D eigenvalue weighted by Gasteiger charge is 2.05. The van der Waals surface area contributed by atoms with Gasteiger partial charge in [-0.15, -0.1) is 24.0 Å². The minimum atomic E-state index is -0.263. The van der Waals surface area contributed by atoms with Crippen LogP contribution in [0.5, 0.6) is 0 Å². The molecule has 1 atom stereocenters. The number of guanidine groups is 1. The van der Waals surface area contributed by atoms with Gasteiger partial charge < -0.3 is 20.5 Å². The maximum atomic E-state index is 11.2. The van der Waals surface area contributed by atoms with Crippen LogP contribution in [-0.2, 0) is 14.3 Å². The fourth-order valence-electron chi connectivity index (χ4n) is 1.18. The first-order valence-electron chi connectivity index (χ1n) is 5.70. The molecule has 3 N–H and O–H groups in total. The zero-order chi connectivity index (χ0) is 13.3. The van der Waals surface area contributed by atoms with Gasteiger partial charge in [-0.1, -0.05) is 0 Å². The topological polar surface area (TPSA) is 85.9 Å². The maximum absolute atomic E-state index is 11.2. The number of carbonyl (C=O) groups excluding carboxylic acids is 1. The van der Waals surface area contributed by atoms with E-state index in [1.165, 1.54) is 0 Å². The van der Waals surface area contributed by atoms with E-state index in [1.54, 1.807) is 7.11 Å². The molecule has 0 fully saturated rings. The van der Waals surface area contributed by atoms with Crippen molar-refractivity contribution in [2.75, 3.05) is 20.3 Å². The van der Waals surface area contributed by atoms with Crippen molar-refractivity contribution in [3.63, 3.8) is 0 Å². The highest BCUT2D eigenvalue weighted by Crippen LogP contribution is 1.93. The molecule has 0 aliphatic carbocycles. The summed E-state index contributed by atoms with van der Waals surface area (Å²) in [5.74, 6) is 0.0494. The van der Waals surface area contributed by atoms with E-state index < -0.39 is 0 Å². The molecule has 0 aliphatic rings. The molecule has 0 saturated carbocycles. The molecule has 1 unspecified atom stereocenters. The molecular weight excluding hydrogens is 349 g/mol. The maximum Gasteiger partial charge on any atom is 0.307 e. The summed E-state index contributed by atoms with van der Waals surface area (Å²) in [6.07, 6.45) is 0.142. The van der Waals surface area contributed by atoms with Gasteiger partial charge in [0.2, 0.25) is 0 Å². The Labute approximate surface area is 126 Å². The predicted octanol–water partition coefficient (Wildman–Crippen LogP) is 0.885. The van der Waals surface area contributed by atoms with Gasteiger partial charge in [-0.05, 0) is 20.8 Å². The summed E-state index contributed by atoms with van der Waals surface area (Å²) in [5, 5.41) is 2.95. The number of hydrogen-bond acceptors (Lipinski definition) is 4. The first kappa shape index (κ1) is 19.8. The van der Waals surface area contributed by atoms with Crippen molar-refractivity contribution >= 4 is 35.9 Å². The lowest BCUT2D eigenvalue weighted by Crippen LogP contribution is -2.40. The molecule has 0 spiro atoms. The zero-order valence-electron chi connectivity index (χ0n) is 11.4. The molecule has 0 aromatic rings. The zero-order valence-corrected chi connectivity index (χ0v) is 13.8. The first-order valence-corrected chi connectivity index (χ1v) is 5.70. The molecule has 18 heavy (non-hydrogen) atoms. The van der Waals surface area contributed by atoms with Crippen molar-refractivity contribution in [2.24, 2.45) is 10.7 Å². The third-order valence-electron chi connectivity index (χ3n) is 1.78. The van der Waals surface area contributed by atoms with Crippen molar-refractivity contribution in [1.29, 1.82) is 0 Å². The summed E-state index contributed by atoms with van der Waals surface area (Å²) in [4.78, 5) is 15.2.